The van der Waals surface area contributed by atoms with E-state index in [1.54, 1.807) is 13.8 Å². The standard InChI is InChI=1S/C8H21N3O3S.ClH/c1-8(2,7-9)10-15(12,13)11(3)5-6-14-4;/h10H,5-7,9H2,1-4H3;1H. The fraction of sp³-hybridized carbons (Fsp3) is 1.00. The van der Waals surface area contributed by atoms with Crippen LogP contribution in [-0.4, -0.2) is 52.1 Å². The first kappa shape index (κ1) is 18.4. The third kappa shape index (κ3) is 6.62. The van der Waals surface area contributed by atoms with Crippen molar-refractivity contribution in [3.05, 3.63) is 0 Å². The number of nitrogens with two attached hydrogens (primary N) is 1. The van der Waals surface area contributed by atoms with Crippen LogP contribution in [-0.2, 0) is 14.9 Å². The van der Waals surface area contributed by atoms with Crippen LogP contribution >= 0.6 is 12.4 Å². The highest BCUT2D eigenvalue weighted by atomic mass is 35.5. The highest BCUT2D eigenvalue weighted by molar-refractivity contribution is 7.87. The number of ether oxygens (including phenoxy) is 1. The SMILES string of the molecule is COCCN(C)S(=O)(=O)NC(C)(C)CN.Cl. The topological polar surface area (TPSA) is 84.7 Å². The van der Waals surface area contributed by atoms with Crippen molar-refractivity contribution < 1.29 is 13.2 Å². The Kier molecular flexibility index (Phi) is 8.55. The van der Waals surface area contributed by atoms with Gasteiger partial charge in [-0.1, -0.05) is 0 Å². The molecule has 3 N–H and O–H groups in total. The molecule has 0 aliphatic heterocycles. The Bertz CT molecular complexity index is 282. The maximum absolute atomic E-state index is 11.7. The van der Waals surface area contributed by atoms with Gasteiger partial charge in [0.15, 0.2) is 0 Å². The van der Waals surface area contributed by atoms with Gasteiger partial charge in [-0.15, -0.1) is 12.4 Å². The van der Waals surface area contributed by atoms with E-state index >= 15 is 0 Å². The summed E-state index contributed by atoms with van der Waals surface area (Å²) in [6.45, 7) is 4.38. The van der Waals surface area contributed by atoms with Crippen LogP contribution in [0.15, 0.2) is 0 Å². The molecule has 0 saturated carbocycles. The van der Waals surface area contributed by atoms with Gasteiger partial charge in [0.05, 0.1) is 6.61 Å². The number of halogens is 1. The van der Waals surface area contributed by atoms with Crippen molar-refractivity contribution in [2.75, 3.05) is 33.9 Å². The Morgan fingerprint density at radius 1 is 1.44 bits per heavy atom. The van der Waals surface area contributed by atoms with E-state index in [9.17, 15) is 8.42 Å². The normalized spacial score (nSPS) is 12.6. The van der Waals surface area contributed by atoms with Crippen LogP contribution in [0.3, 0.4) is 0 Å². The van der Waals surface area contributed by atoms with Crippen LogP contribution in [0.25, 0.3) is 0 Å². The zero-order valence-electron chi connectivity index (χ0n) is 10.2. The summed E-state index contributed by atoms with van der Waals surface area (Å²) in [7, 11) is -0.459. The average molecular weight is 276 g/mol. The molecule has 0 aromatic carbocycles. The molecule has 0 bridgehead atoms. The lowest BCUT2D eigenvalue weighted by atomic mass is 10.1. The molecule has 16 heavy (non-hydrogen) atoms. The number of nitrogens with zero attached hydrogens (tertiary/aromatic N) is 1. The molecule has 0 aromatic rings. The van der Waals surface area contributed by atoms with Gasteiger partial charge in [-0.3, -0.25) is 0 Å². The fourth-order valence-electron chi connectivity index (χ4n) is 0.809. The molecular formula is C8H22ClN3O3S. The molecule has 0 unspecified atom stereocenters. The van der Waals surface area contributed by atoms with Crippen molar-refractivity contribution >= 4 is 22.6 Å². The maximum Gasteiger partial charge on any atom is 0.279 e. The van der Waals surface area contributed by atoms with E-state index in [4.69, 9.17) is 10.5 Å². The second kappa shape index (κ2) is 7.41. The Morgan fingerprint density at radius 3 is 2.31 bits per heavy atom. The van der Waals surface area contributed by atoms with Crippen LogP contribution in [0.2, 0.25) is 0 Å². The Balaban J connectivity index is 0. The van der Waals surface area contributed by atoms with E-state index in [2.05, 4.69) is 4.72 Å². The number of hydrogen-bond acceptors (Lipinski definition) is 4. The summed E-state index contributed by atoms with van der Waals surface area (Å²) >= 11 is 0. The zero-order valence-corrected chi connectivity index (χ0v) is 11.8. The molecule has 0 spiro atoms. The van der Waals surface area contributed by atoms with Gasteiger partial charge in [-0.25, -0.2) is 0 Å². The van der Waals surface area contributed by atoms with Gasteiger partial charge in [-0.05, 0) is 13.8 Å². The molecule has 100 valence electrons. The summed E-state index contributed by atoms with van der Waals surface area (Å²) in [6, 6.07) is 0. The summed E-state index contributed by atoms with van der Waals surface area (Å²) in [5.74, 6) is 0. The molecule has 0 amide bonds. The lowest BCUT2D eigenvalue weighted by Gasteiger charge is -2.27. The summed E-state index contributed by atoms with van der Waals surface area (Å²) in [6.07, 6.45) is 0. The quantitative estimate of drug-likeness (QED) is 0.660. The predicted octanol–water partition coefficient (Wildman–Crippen LogP) is -0.442. The van der Waals surface area contributed by atoms with Crippen LogP contribution in [0.4, 0.5) is 0 Å². The minimum atomic E-state index is -3.48. The number of methoxy groups -OCH3 is 1. The summed E-state index contributed by atoms with van der Waals surface area (Å²) < 4.78 is 31.9. The molecule has 0 aliphatic rings. The second-order valence-electron chi connectivity index (χ2n) is 4.01. The van der Waals surface area contributed by atoms with Crippen LogP contribution in [0.1, 0.15) is 13.8 Å². The van der Waals surface area contributed by atoms with E-state index < -0.39 is 15.7 Å². The van der Waals surface area contributed by atoms with E-state index in [0.29, 0.717) is 13.2 Å². The van der Waals surface area contributed by atoms with Crippen molar-refractivity contribution in [3.8, 4) is 0 Å². The molecule has 0 aromatic heterocycles. The molecular weight excluding hydrogens is 254 g/mol. The molecule has 0 rings (SSSR count). The number of rotatable bonds is 7. The predicted molar refractivity (Wildman–Crippen MR) is 66.9 cm³/mol. The van der Waals surface area contributed by atoms with Crippen LogP contribution in [0, 0.1) is 0 Å². The minimum absolute atomic E-state index is 0. The van der Waals surface area contributed by atoms with Gasteiger partial charge in [0.2, 0.25) is 0 Å². The largest absolute Gasteiger partial charge is 0.383 e. The fourth-order valence-corrected chi connectivity index (χ4v) is 2.06. The monoisotopic (exact) mass is 275 g/mol. The van der Waals surface area contributed by atoms with Gasteiger partial charge in [0, 0.05) is 32.8 Å². The maximum atomic E-state index is 11.7. The lowest BCUT2D eigenvalue weighted by molar-refractivity contribution is 0.184. The molecule has 0 aliphatic carbocycles. The molecule has 0 heterocycles. The zero-order chi connectivity index (χ0) is 12.1. The summed E-state index contributed by atoms with van der Waals surface area (Å²) in [4.78, 5) is 0. The van der Waals surface area contributed by atoms with Crippen molar-refractivity contribution in [1.82, 2.24) is 9.03 Å². The molecule has 6 nitrogen and oxygen atoms in total. The Morgan fingerprint density at radius 2 is 1.94 bits per heavy atom. The molecule has 0 radical (unpaired) electrons. The van der Waals surface area contributed by atoms with E-state index in [1.807, 2.05) is 0 Å². The molecule has 0 saturated heterocycles. The Hall–Kier alpha value is 0.0800. The first-order valence-electron chi connectivity index (χ1n) is 4.69. The smallest absolute Gasteiger partial charge is 0.279 e. The van der Waals surface area contributed by atoms with Crippen molar-refractivity contribution in [2.24, 2.45) is 5.73 Å². The number of likely N-dealkylation sites (N-methyl/N-ethyl adjacent to an activating group) is 1. The molecule has 8 heteroatoms. The third-order valence-corrected chi connectivity index (χ3v) is 3.75. The van der Waals surface area contributed by atoms with Gasteiger partial charge in [0.25, 0.3) is 10.2 Å². The highest BCUT2D eigenvalue weighted by Gasteiger charge is 2.26. The Labute approximate surface area is 104 Å². The number of hydrogen-bond donors (Lipinski definition) is 2. The van der Waals surface area contributed by atoms with Crippen LogP contribution in [0.5, 0.6) is 0 Å². The summed E-state index contributed by atoms with van der Waals surface area (Å²) in [5.41, 5.74) is 4.80. The van der Waals surface area contributed by atoms with Crippen molar-refractivity contribution in [3.63, 3.8) is 0 Å². The average Bonchev–Trinajstić information content (AvgIpc) is 2.12. The van der Waals surface area contributed by atoms with E-state index in [-0.39, 0.29) is 19.0 Å². The van der Waals surface area contributed by atoms with Gasteiger partial charge < -0.3 is 10.5 Å². The van der Waals surface area contributed by atoms with Crippen molar-refractivity contribution in [2.45, 2.75) is 19.4 Å². The van der Waals surface area contributed by atoms with Crippen molar-refractivity contribution in [1.29, 1.82) is 0 Å². The third-order valence-electron chi connectivity index (χ3n) is 1.94. The van der Waals surface area contributed by atoms with Gasteiger partial charge >= 0.3 is 0 Å². The summed E-state index contributed by atoms with van der Waals surface area (Å²) in [5, 5.41) is 0. The van der Waals surface area contributed by atoms with Crippen LogP contribution < -0.4 is 10.5 Å². The van der Waals surface area contributed by atoms with E-state index in [1.165, 1.54) is 18.5 Å². The number of nitrogens with one attached hydrogen (secondary N) is 1. The van der Waals surface area contributed by atoms with E-state index in [0.717, 1.165) is 0 Å². The first-order chi connectivity index (χ1) is 6.75. The second-order valence-corrected chi connectivity index (χ2v) is 5.79. The van der Waals surface area contributed by atoms with Gasteiger partial charge in [-0.2, -0.15) is 17.4 Å². The minimum Gasteiger partial charge on any atom is -0.383 e. The van der Waals surface area contributed by atoms with Gasteiger partial charge in [0.1, 0.15) is 0 Å². The lowest BCUT2D eigenvalue weighted by Crippen LogP contribution is -2.53. The molecule has 0 fully saturated rings. The first-order valence-corrected chi connectivity index (χ1v) is 6.13. The highest BCUT2D eigenvalue weighted by Crippen LogP contribution is 2.04. The molecule has 0 atom stereocenters.